The van der Waals surface area contributed by atoms with E-state index in [9.17, 15) is 4.79 Å². The molecule has 2 heteroatoms. The van der Waals surface area contributed by atoms with Crippen molar-refractivity contribution in [2.75, 3.05) is 0 Å². The lowest BCUT2D eigenvalue weighted by molar-refractivity contribution is -0.154. The summed E-state index contributed by atoms with van der Waals surface area (Å²) in [6.07, 6.45) is 9.45. The summed E-state index contributed by atoms with van der Waals surface area (Å²) in [5.41, 5.74) is 0.217. The second-order valence-electron chi connectivity index (χ2n) is 6.22. The molecule has 1 fully saturated rings. The minimum atomic E-state index is -0.285. The highest BCUT2D eigenvalue weighted by atomic mass is 16.6. The average Bonchev–Trinajstić information content (AvgIpc) is 2.28. The van der Waals surface area contributed by atoms with Gasteiger partial charge in [-0.05, 0) is 45.4 Å². The fourth-order valence-corrected chi connectivity index (χ4v) is 2.68. The van der Waals surface area contributed by atoms with Gasteiger partial charge in [-0.25, -0.2) is 4.79 Å². The summed E-state index contributed by atoms with van der Waals surface area (Å²) in [6.45, 7) is 9.80. The van der Waals surface area contributed by atoms with Crippen LogP contribution in [0.5, 0.6) is 0 Å². The Hall–Kier alpha value is -0.790. The molecule has 1 rings (SSSR count). The van der Waals surface area contributed by atoms with E-state index in [4.69, 9.17) is 4.74 Å². The van der Waals surface area contributed by atoms with Crippen molar-refractivity contribution < 1.29 is 9.53 Å². The summed E-state index contributed by atoms with van der Waals surface area (Å²) in [6, 6.07) is 0. The highest BCUT2D eigenvalue weighted by molar-refractivity contribution is 5.87. The van der Waals surface area contributed by atoms with Gasteiger partial charge in [0, 0.05) is 5.57 Å². The molecule has 0 spiro atoms. The van der Waals surface area contributed by atoms with E-state index >= 15 is 0 Å². The zero-order chi connectivity index (χ0) is 13.6. The van der Waals surface area contributed by atoms with Crippen LogP contribution in [0.3, 0.4) is 0 Å². The van der Waals surface area contributed by atoms with Crippen molar-refractivity contribution in [1.29, 1.82) is 0 Å². The molecule has 0 radical (unpaired) electrons. The maximum Gasteiger partial charge on any atom is 0.333 e. The average molecular weight is 252 g/mol. The van der Waals surface area contributed by atoms with Gasteiger partial charge >= 0.3 is 5.97 Å². The van der Waals surface area contributed by atoms with Crippen molar-refractivity contribution in [2.45, 2.75) is 77.7 Å². The predicted molar refractivity (Wildman–Crippen MR) is 75.4 cm³/mol. The number of ether oxygens (including phenoxy) is 1. The SMILES string of the molecule is C=C(C)C(=O)OC1(C)CCCCCC(C)CCC1. The van der Waals surface area contributed by atoms with E-state index < -0.39 is 0 Å². The lowest BCUT2D eigenvalue weighted by Crippen LogP contribution is -2.32. The van der Waals surface area contributed by atoms with Gasteiger partial charge in [-0.2, -0.15) is 0 Å². The molecule has 2 unspecified atom stereocenters. The quantitative estimate of drug-likeness (QED) is 0.529. The smallest absolute Gasteiger partial charge is 0.333 e. The molecule has 1 saturated carbocycles. The molecule has 1 aliphatic rings. The molecule has 0 aromatic heterocycles. The van der Waals surface area contributed by atoms with Gasteiger partial charge in [-0.1, -0.05) is 39.2 Å². The van der Waals surface area contributed by atoms with Crippen molar-refractivity contribution in [1.82, 2.24) is 0 Å². The van der Waals surface area contributed by atoms with Crippen molar-refractivity contribution >= 4 is 5.97 Å². The molecule has 0 saturated heterocycles. The largest absolute Gasteiger partial charge is 0.456 e. The molecule has 104 valence electrons. The number of esters is 1. The second-order valence-corrected chi connectivity index (χ2v) is 6.22. The summed E-state index contributed by atoms with van der Waals surface area (Å²) in [7, 11) is 0. The molecule has 18 heavy (non-hydrogen) atoms. The van der Waals surface area contributed by atoms with Gasteiger partial charge in [0.1, 0.15) is 5.60 Å². The van der Waals surface area contributed by atoms with Crippen molar-refractivity contribution in [2.24, 2.45) is 5.92 Å². The van der Waals surface area contributed by atoms with Crippen LogP contribution in [-0.2, 0) is 9.53 Å². The Morgan fingerprint density at radius 3 is 2.44 bits per heavy atom. The van der Waals surface area contributed by atoms with E-state index in [0.717, 1.165) is 31.6 Å². The fourth-order valence-electron chi connectivity index (χ4n) is 2.68. The molecule has 0 amide bonds. The van der Waals surface area contributed by atoms with Gasteiger partial charge in [0.25, 0.3) is 0 Å². The standard InChI is InChI=1S/C16H28O2/c1-13(2)15(17)18-16(4)11-7-5-6-9-14(3)10-8-12-16/h14H,1,5-12H2,2-4H3. The van der Waals surface area contributed by atoms with E-state index in [1.54, 1.807) is 6.92 Å². The molecule has 0 aromatic carbocycles. The third-order valence-electron chi connectivity index (χ3n) is 3.99. The van der Waals surface area contributed by atoms with Crippen LogP contribution in [0.25, 0.3) is 0 Å². The highest BCUT2D eigenvalue weighted by Crippen LogP contribution is 2.30. The van der Waals surface area contributed by atoms with E-state index in [0.29, 0.717) is 5.57 Å². The van der Waals surface area contributed by atoms with Crippen LogP contribution < -0.4 is 0 Å². The Kier molecular flexibility index (Phi) is 5.90. The van der Waals surface area contributed by atoms with E-state index in [-0.39, 0.29) is 11.6 Å². The van der Waals surface area contributed by atoms with E-state index in [1.807, 2.05) is 0 Å². The summed E-state index contributed by atoms with van der Waals surface area (Å²) in [5, 5.41) is 0. The van der Waals surface area contributed by atoms with Crippen LogP contribution in [0.15, 0.2) is 12.2 Å². The minimum Gasteiger partial charge on any atom is -0.456 e. The van der Waals surface area contributed by atoms with Crippen LogP contribution in [-0.4, -0.2) is 11.6 Å². The maximum atomic E-state index is 11.7. The van der Waals surface area contributed by atoms with Gasteiger partial charge in [-0.3, -0.25) is 0 Å². The topological polar surface area (TPSA) is 26.3 Å². The van der Waals surface area contributed by atoms with E-state index in [1.165, 1.54) is 25.7 Å². The number of hydrogen-bond donors (Lipinski definition) is 0. The van der Waals surface area contributed by atoms with Crippen LogP contribution >= 0.6 is 0 Å². The van der Waals surface area contributed by atoms with Gasteiger partial charge in [0.15, 0.2) is 0 Å². The molecular formula is C16H28O2. The Bertz CT molecular complexity index is 295. The Morgan fingerprint density at radius 1 is 1.17 bits per heavy atom. The molecular weight excluding hydrogens is 224 g/mol. The third-order valence-corrected chi connectivity index (χ3v) is 3.99. The first-order valence-corrected chi connectivity index (χ1v) is 7.32. The zero-order valence-corrected chi connectivity index (χ0v) is 12.3. The lowest BCUT2D eigenvalue weighted by atomic mass is 9.86. The Morgan fingerprint density at radius 2 is 1.78 bits per heavy atom. The number of hydrogen-bond acceptors (Lipinski definition) is 2. The fraction of sp³-hybridized carbons (Fsp3) is 0.812. The maximum absolute atomic E-state index is 11.7. The van der Waals surface area contributed by atoms with Gasteiger partial charge in [0.2, 0.25) is 0 Å². The van der Waals surface area contributed by atoms with Gasteiger partial charge < -0.3 is 4.74 Å². The first-order chi connectivity index (χ1) is 8.43. The molecule has 1 aliphatic carbocycles. The van der Waals surface area contributed by atoms with E-state index in [2.05, 4.69) is 20.4 Å². The summed E-state index contributed by atoms with van der Waals surface area (Å²) in [5.74, 6) is 0.576. The predicted octanol–water partition coefficient (Wildman–Crippen LogP) is 4.63. The summed E-state index contributed by atoms with van der Waals surface area (Å²) in [4.78, 5) is 11.7. The highest BCUT2D eigenvalue weighted by Gasteiger charge is 2.28. The van der Waals surface area contributed by atoms with Gasteiger partial charge in [0.05, 0.1) is 0 Å². The third kappa shape index (κ3) is 5.24. The van der Waals surface area contributed by atoms with Crippen molar-refractivity contribution in [3.8, 4) is 0 Å². The molecule has 0 aliphatic heterocycles. The summed E-state index contributed by atoms with van der Waals surface area (Å²) < 4.78 is 5.67. The van der Waals surface area contributed by atoms with Crippen LogP contribution in [0, 0.1) is 5.92 Å². The Labute approximate surface area is 112 Å². The number of carbonyl (C=O) groups excluding carboxylic acids is 1. The first kappa shape index (κ1) is 15.3. The number of carbonyl (C=O) groups is 1. The van der Waals surface area contributed by atoms with Crippen molar-refractivity contribution in [3.63, 3.8) is 0 Å². The van der Waals surface area contributed by atoms with Crippen LogP contribution in [0.2, 0.25) is 0 Å². The minimum absolute atomic E-state index is 0.234. The lowest BCUT2D eigenvalue weighted by Gasteiger charge is -2.31. The van der Waals surface area contributed by atoms with Crippen LogP contribution in [0.4, 0.5) is 0 Å². The molecule has 0 aromatic rings. The second kappa shape index (κ2) is 6.96. The molecule has 0 heterocycles. The normalized spacial score (nSPS) is 30.5. The van der Waals surface area contributed by atoms with Crippen molar-refractivity contribution in [3.05, 3.63) is 12.2 Å². The first-order valence-electron chi connectivity index (χ1n) is 7.32. The molecule has 2 atom stereocenters. The summed E-state index contributed by atoms with van der Waals surface area (Å²) >= 11 is 0. The zero-order valence-electron chi connectivity index (χ0n) is 12.3. The molecule has 0 bridgehead atoms. The number of rotatable bonds is 2. The monoisotopic (exact) mass is 252 g/mol. The Balaban J connectivity index is 2.58. The molecule has 2 nitrogen and oxygen atoms in total. The van der Waals surface area contributed by atoms with Gasteiger partial charge in [-0.15, -0.1) is 0 Å². The molecule has 0 N–H and O–H groups in total. The van der Waals surface area contributed by atoms with Crippen LogP contribution in [0.1, 0.15) is 72.1 Å².